The predicted molar refractivity (Wildman–Crippen MR) is 50.6 cm³/mol. The molecule has 3 fully saturated rings. The Balaban J connectivity index is 1.72. The molecular weight excluding hydrogens is 180 g/mol. The standard InChI is InChI=1S/C10H16N2O2/c13-9-5-11-1-2-12(9)8-4-6-3-7(6)10(8)14/h6-8,10-11,14H,1-5H2/t6-,7-,8-,10+/m1/s1. The van der Waals surface area contributed by atoms with Gasteiger partial charge in [-0.2, -0.15) is 0 Å². The molecular formula is C10H16N2O2. The minimum Gasteiger partial charge on any atom is -0.391 e. The van der Waals surface area contributed by atoms with Gasteiger partial charge < -0.3 is 15.3 Å². The molecule has 3 rings (SSSR count). The summed E-state index contributed by atoms with van der Waals surface area (Å²) in [7, 11) is 0. The summed E-state index contributed by atoms with van der Waals surface area (Å²) < 4.78 is 0. The van der Waals surface area contributed by atoms with Crippen molar-refractivity contribution >= 4 is 5.91 Å². The topological polar surface area (TPSA) is 52.6 Å². The molecule has 4 nitrogen and oxygen atoms in total. The van der Waals surface area contributed by atoms with E-state index in [0.717, 1.165) is 19.5 Å². The second kappa shape index (κ2) is 2.94. The van der Waals surface area contributed by atoms with Crippen molar-refractivity contribution in [1.29, 1.82) is 0 Å². The summed E-state index contributed by atoms with van der Waals surface area (Å²) in [6, 6.07) is 0.119. The molecule has 0 radical (unpaired) electrons. The van der Waals surface area contributed by atoms with Crippen LogP contribution in [0.15, 0.2) is 0 Å². The van der Waals surface area contributed by atoms with Crippen molar-refractivity contribution in [2.45, 2.75) is 25.0 Å². The quantitative estimate of drug-likeness (QED) is 0.576. The number of hydrogen-bond donors (Lipinski definition) is 2. The molecule has 4 heteroatoms. The number of piperazine rings is 1. The maximum absolute atomic E-state index is 11.6. The second-order valence-corrected chi connectivity index (χ2v) is 4.72. The lowest BCUT2D eigenvalue weighted by Gasteiger charge is -2.35. The largest absolute Gasteiger partial charge is 0.391 e. The molecule has 78 valence electrons. The van der Waals surface area contributed by atoms with E-state index in [-0.39, 0.29) is 18.1 Å². The summed E-state index contributed by atoms with van der Waals surface area (Å²) in [6.45, 7) is 2.07. The van der Waals surface area contributed by atoms with Gasteiger partial charge in [0.1, 0.15) is 0 Å². The molecule has 0 spiro atoms. The first-order valence-corrected chi connectivity index (χ1v) is 5.45. The molecule has 0 unspecified atom stereocenters. The maximum atomic E-state index is 11.6. The number of aliphatic hydroxyl groups excluding tert-OH is 1. The van der Waals surface area contributed by atoms with Crippen molar-refractivity contribution in [3.05, 3.63) is 0 Å². The molecule has 3 aliphatic rings. The van der Waals surface area contributed by atoms with Crippen LogP contribution in [0.4, 0.5) is 0 Å². The third-order valence-electron chi connectivity index (χ3n) is 3.88. The Morgan fingerprint density at radius 3 is 2.93 bits per heavy atom. The Labute approximate surface area is 83.3 Å². The number of nitrogens with zero attached hydrogens (tertiary/aromatic N) is 1. The number of aliphatic hydroxyl groups is 1. The number of fused-ring (bicyclic) bond motifs is 1. The molecule has 1 amide bonds. The molecule has 2 N–H and O–H groups in total. The summed E-state index contributed by atoms with van der Waals surface area (Å²) in [5.74, 6) is 1.36. The van der Waals surface area contributed by atoms with Crippen LogP contribution in [0.3, 0.4) is 0 Å². The summed E-state index contributed by atoms with van der Waals surface area (Å²) in [5, 5.41) is 13.0. The first-order valence-electron chi connectivity index (χ1n) is 5.45. The molecule has 1 saturated heterocycles. The van der Waals surface area contributed by atoms with Gasteiger partial charge in [0.15, 0.2) is 0 Å². The Hall–Kier alpha value is -0.610. The zero-order chi connectivity index (χ0) is 9.71. The summed E-state index contributed by atoms with van der Waals surface area (Å²) in [5.41, 5.74) is 0. The fourth-order valence-corrected chi connectivity index (χ4v) is 2.98. The van der Waals surface area contributed by atoms with Gasteiger partial charge in [0.05, 0.1) is 18.7 Å². The number of carbonyl (C=O) groups is 1. The molecule has 0 aromatic heterocycles. The van der Waals surface area contributed by atoms with E-state index in [0.29, 0.717) is 18.4 Å². The Morgan fingerprint density at radius 2 is 2.29 bits per heavy atom. The molecule has 14 heavy (non-hydrogen) atoms. The summed E-state index contributed by atoms with van der Waals surface area (Å²) in [6.07, 6.45) is 1.96. The first kappa shape index (κ1) is 8.68. The van der Waals surface area contributed by atoms with Crippen LogP contribution in [-0.4, -0.2) is 47.7 Å². The minimum atomic E-state index is -0.248. The van der Waals surface area contributed by atoms with E-state index in [1.807, 2.05) is 4.90 Å². The van der Waals surface area contributed by atoms with Gasteiger partial charge in [-0.05, 0) is 24.7 Å². The second-order valence-electron chi connectivity index (χ2n) is 4.72. The predicted octanol–water partition coefficient (Wildman–Crippen LogP) is -0.812. The molecule has 4 atom stereocenters. The van der Waals surface area contributed by atoms with Crippen LogP contribution in [0, 0.1) is 11.8 Å². The highest BCUT2D eigenvalue weighted by atomic mass is 16.3. The minimum absolute atomic E-state index is 0.119. The van der Waals surface area contributed by atoms with Crippen LogP contribution in [0.25, 0.3) is 0 Å². The van der Waals surface area contributed by atoms with E-state index in [1.165, 1.54) is 6.42 Å². The zero-order valence-corrected chi connectivity index (χ0v) is 8.15. The lowest BCUT2D eigenvalue weighted by atomic mass is 10.1. The van der Waals surface area contributed by atoms with Crippen LogP contribution in [0.1, 0.15) is 12.8 Å². The lowest BCUT2D eigenvalue weighted by molar-refractivity contribution is -0.136. The van der Waals surface area contributed by atoms with Crippen molar-refractivity contribution in [2.24, 2.45) is 11.8 Å². The highest BCUT2D eigenvalue weighted by molar-refractivity contribution is 5.79. The number of rotatable bonds is 1. The third kappa shape index (κ3) is 1.17. The number of hydrogen-bond acceptors (Lipinski definition) is 3. The molecule has 0 bridgehead atoms. The van der Waals surface area contributed by atoms with E-state index in [1.54, 1.807) is 0 Å². The SMILES string of the molecule is O=C1CNCCN1[C@@H]1C[C@H]2C[C@H]2[C@@H]1O. The van der Waals surface area contributed by atoms with Crippen molar-refractivity contribution in [3.63, 3.8) is 0 Å². The van der Waals surface area contributed by atoms with E-state index in [9.17, 15) is 9.90 Å². The maximum Gasteiger partial charge on any atom is 0.236 e. The van der Waals surface area contributed by atoms with Crippen molar-refractivity contribution in [1.82, 2.24) is 10.2 Å². The first-order chi connectivity index (χ1) is 6.77. The van der Waals surface area contributed by atoms with E-state index >= 15 is 0 Å². The van der Waals surface area contributed by atoms with Gasteiger partial charge in [-0.3, -0.25) is 4.79 Å². The van der Waals surface area contributed by atoms with Crippen LogP contribution in [-0.2, 0) is 4.79 Å². The Kier molecular flexibility index (Phi) is 1.82. The molecule has 2 aliphatic carbocycles. The molecule has 0 aromatic rings. The van der Waals surface area contributed by atoms with Crippen LogP contribution < -0.4 is 5.32 Å². The highest BCUT2D eigenvalue weighted by Gasteiger charge is 2.55. The average Bonchev–Trinajstić information content (AvgIpc) is 2.88. The van der Waals surface area contributed by atoms with Gasteiger partial charge in [-0.25, -0.2) is 0 Å². The normalized spacial score (nSPS) is 46.6. The number of nitrogens with one attached hydrogen (secondary N) is 1. The van der Waals surface area contributed by atoms with Gasteiger partial charge in [0.2, 0.25) is 5.91 Å². The Bertz CT molecular complexity index is 269. The molecule has 1 aliphatic heterocycles. The van der Waals surface area contributed by atoms with Gasteiger partial charge in [-0.1, -0.05) is 0 Å². The van der Waals surface area contributed by atoms with Gasteiger partial charge in [0.25, 0.3) is 0 Å². The number of carbonyl (C=O) groups excluding carboxylic acids is 1. The zero-order valence-electron chi connectivity index (χ0n) is 8.15. The van der Waals surface area contributed by atoms with Crippen molar-refractivity contribution < 1.29 is 9.90 Å². The van der Waals surface area contributed by atoms with Gasteiger partial charge in [-0.15, -0.1) is 0 Å². The fraction of sp³-hybridized carbons (Fsp3) is 0.900. The Morgan fingerprint density at radius 1 is 1.43 bits per heavy atom. The molecule has 1 heterocycles. The highest BCUT2D eigenvalue weighted by Crippen LogP contribution is 2.53. The third-order valence-corrected chi connectivity index (χ3v) is 3.88. The fourth-order valence-electron chi connectivity index (χ4n) is 2.98. The van der Waals surface area contributed by atoms with E-state index in [2.05, 4.69) is 5.32 Å². The average molecular weight is 196 g/mol. The van der Waals surface area contributed by atoms with E-state index < -0.39 is 0 Å². The van der Waals surface area contributed by atoms with Crippen LogP contribution in [0.5, 0.6) is 0 Å². The van der Waals surface area contributed by atoms with E-state index in [4.69, 9.17) is 0 Å². The van der Waals surface area contributed by atoms with Gasteiger partial charge >= 0.3 is 0 Å². The van der Waals surface area contributed by atoms with Crippen molar-refractivity contribution in [2.75, 3.05) is 19.6 Å². The number of amides is 1. The van der Waals surface area contributed by atoms with Crippen molar-refractivity contribution in [3.8, 4) is 0 Å². The lowest BCUT2D eigenvalue weighted by Crippen LogP contribution is -2.55. The summed E-state index contributed by atoms with van der Waals surface area (Å²) in [4.78, 5) is 13.5. The van der Waals surface area contributed by atoms with Crippen LogP contribution in [0.2, 0.25) is 0 Å². The molecule has 0 aromatic carbocycles. The smallest absolute Gasteiger partial charge is 0.236 e. The van der Waals surface area contributed by atoms with Crippen LogP contribution >= 0.6 is 0 Å². The monoisotopic (exact) mass is 196 g/mol. The van der Waals surface area contributed by atoms with Gasteiger partial charge in [0, 0.05) is 13.1 Å². The summed E-state index contributed by atoms with van der Waals surface area (Å²) >= 11 is 0. The molecule has 2 saturated carbocycles.